The molecule has 0 unspecified atom stereocenters. The molecule has 1 N–H and O–H groups in total. The molecule has 0 atom stereocenters. The molecule has 4 rings (SSSR count). The zero-order valence-corrected chi connectivity index (χ0v) is 18.0. The summed E-state index contributed by atoms with van der Waals surface area (Å²) in [6.45, 7) is 3.13. The number of hydrogen-bond donors (Lipinski definition) is 1. The lowest BCUT2D eigenvalue weighted by Gasteiger charge is -2.32. The Morgan fingerprint density at radius 2 is 1.94 bits per heavy atom. The number of alkyl halides is 2. The van der Waals surface area contributed by atoms with Crippen molar-refractivity contribution in [2.45, 2.75) is 13.0 Å². The number of benzene rings is 1. The third kappa shape index (κ3) is 4.86. The largest absolute Gasteiger partial charge is 0.339 e. The van der Waals surface area contributed by atoms with Gasteiger partial charge < -0.3 is 15.1 Å². The van der Waals surface area contributed by atoms with Gasteiger partial charge in [-0.15, -0.1) is 0 Å². The second kappa shape index (κ2) is 9.17. The van der Waals surface area contributed by atoms with Crippen LogP contribution in [-0.2, 0) is 11.3 Å². The number of aromatic nitrogens is 3. The highest BCUT2D eigenvalue weighted by atomic mass is 35.5. The van der Waals surface area contributed by atoms with Crippen molar-refractivity contribution in [3.63, 3.8) is 0 Å². The number of carbonyl (C=O) groups is 2. The van der Waals surface area contributed by atoms with Gasteiger partial charge in [-0.25, -0.2) is 13.8 Å². The highest BCUT2D eigenvalue weighted by Gasteiger charge is 2.20. The third-order valence-electron chi connectivity index (χ3n) is 5.27. The topological polar surface area (TPSA) is 83.4 Å². The van der Waals surface area contributed by atoms with Gasteiger partial charge in [-0.05, 0) is 31.3 Å². The maximum Gasteiger partial charge on any atom is 0.280 e. The van der Waals surface area contributed by atoms with Crippen molar-refractivity contribution in [2.75, 3.05) is 38.5 Å². The second-order valence-electron chi connectivity index (χ2n) is 7.60. The number of piperazine rings is 1. The Hall–Kier alpha value is -3.11. The highest BCUT2D eigenvalue weighted by Crippen LogP contribution is 2.28. The highest BCUT2D eigenvalue weighted by molar-refractivity contribution is 6.34. The normalized spacial score (nSPS) is 14.8. The van der Waals surface area contributed by atoms with Crippen LogP contribution in [0.3, 0.4) is 0 Å². The van der Waals surface area contributed by atoms with E-state index >= 15 is 0 Å². The summed E-state index contributed by atoms with van der Waals surface area (Å²) in [5.41, 5.74) is 0.230. The molecule has 2 aromatic heterocycles. The Morgan fingerprint density at radius 3 is 2.66 bits per heavy atom. The van der Waals surface area contributed by atoms with E-state index in [1.165, 1.54) is 12.1 Å². The average Bonchev–Trinajstić information content (AvgIpc) is 3.15. The van der Waals surface area contributed by atoms with Crippen molar-refractivity contribution in [3.05, 3.63) is 52.9 Å². The average molecular weight is 463 g/mol. The van der Waals surface area contributed by atoms with Crippen molar-refractivity contribution in [3.8, 4) is 0 Å². The molecular weight excluding hydrogens is 442 g/mol. The number of pyridine rings is 1. The summed E-state index contributed by atoms with van der Waals surface area (Å²) < 4.78 is 27.2. The molecule has 0 aliphatic carbocycles. The number of rotatable bonds is 5. The number of hydrogen-bond acceptors (Lipinski definition) is 5. The molecule has 32 heavy (non-hydrogen) atoms. The van der Waals surface area contributed by atoms with Gasteiger partial charge in [0.05, 0.1) is 16.2 Å². The Labute approximate surface area is 187 Å². The molecule has 0 spiro atoms. The predicted octanol–water partition coefficient (Wildman–Crippen LogP) is 3.05. The molecule has 1 aliphatic heterocycles. The van der Waals surface area contributed by atoms with Gasteiger partial charge in [-0.1, -0.05) is 17.7 Å². The van der Waals surface area contributed by atoms with Gasteiger partial charge in [0.1, 0.15) is 17.9 Å². The van der Waals surface area contributed by atoms with Crippen LogP contribution >= 0.6 is 11.6 Å². The fraction of sp³-hybridized carbons (Fsp3) is 0.333. The van der Waals surface area contributed by atoms with E-state index in [0.29, 0.717) is 29.7 Å². The Kier molecular flexibility index (Phi) is 6.33. The summed E-state index contributed by atoms with van der Waals surface area (Å²) in [6.07, 6.45) is -1.08. The van der Waals surface area contributed by atoms with Crippen LogP contribution < -0.4 is 5.32 Å². The summed E-state index contributed by atoms with van der Waals surface area (Å²) in [5, 5.41) is 7.89. The maximum absolute atomic E-state index is 12.9. The molecule has 3 heterocycles. The molecular formula is C21H21ClF2N6O2. The van der Waals surface area contributed by atoms with Crippen LogP contribution in [0.4, 0.5) is 14.5 Å². The predicted molar refractivity (Wildman–Crippen MR) is 116 cm³/mol. The third-order valence-corrected chi connectivity index (χ3v) is 5.58. The van der Waals surface area contributed by atoms with Crippen LogP contribution in [-0.4, -0.2) is 69.6 Å². The molecule has 168 valence electrons. The van der Waals surface area contributed by atoms with Gasteiger partial charge in [0.15, 0.2) is 0 Å². The quantitative estimate of drug-likeness (QED) is 0.630. The molecule has 11 heteroatoms. The number of nitrogens with zero attached hydrogens (tertiary/aromatic N) is 5. The molecule has 1 saturated heterocycles. The number of halogens is 3. The number of anilines is 1. The minimum Gasteiger partial charge on any atom is -0.339 e. The van der Waals surface area contributed by atoms with Crippen LogP contribution in [0, 0.1) is 0 Å². The Balaban J connectivity index is 1.49. The summed E-state index contributed by atoms with van der Waals surface area (Å²) in [5.74, 6) is -0.679. The fourth-order valence-corrected chi connectivity index (χ4v) is 3.66. The Bertz CT molecular complexity index is 1160. The molecule has 1 aliphatic rings. The molecule has 8 nitrogen and oxygen atoms in total. The van der Waals surface area contributed by atoms with Crippen molar-refractivity contribution >= 4 is 40.0 Å². The Morgan fingerprint density at radius 1 is 1.19 bits per heavy atom. The van der Waals surface area contributed by atoms with Crippen LogP contribution in [0.2, 0.25) is 5.02 Å². The molecule has 0 radical (unpaired) electrons. The van der Waals surface area contributed by atoms with E-state index < -0.39 is 18.0 Å². The first-order chi connectivity index (χ1) is 15.3. The molecule has 0 saturated carbocycles. The first-order valence-electron chi connectivity index (χ1n) is 9.99. The molecule has 1 fully saturated rings. The summed E-state index contributed by atoms with van der Waals surface area (Å²) in [7, 11) is 2.02. The van der Waals surface area contributed by atoms with Crippen molar-refractivity contribution in [1.29, 1.82) is 0 Å². The molecule has 0 bridgehead atoms. The van der Waals surface area contributed by atoms with Crippen molar-refractivity contribution in [1.82, 2.24) is 24.6 Å². The van der Waals surface area contributed by atoms with Crippen molar-refractivity contribution < 1.29 is 18.4 Å². The smallest absolute Gasteiger partial charge is 0.280 e. The van der Waals surface area contributed by atoms with Gasteiger partial charge in [0, 0.05) is 37.8 Å². The van der Waals surface area contributed by atoms with E-state index in [4.69, 9.17) is 11.6 Å². The first kappa shape index (κ1) is 22.1. The number of fused-ring (bicyclic) bond motifs is 1. The maximum atomic E-state index is 12.9. The van der Waals surface area contributed by atoms with E-state index in [0.717, 1.165) is 19.2 Å². The molecule has 2 amide bonds. The summed E-state index contributed by atoms with van der Waals surface area (Å²) in [4.78, 5) is 32.7. The lowest BCUT2D eigenvalue weighted by Crippen LogP contribution is -2.48. The number of carbonyl (C=O) groups excluding carboxylic acids is 2. The molecule has 1 aromatic carbocycles. The minimum atomic E-state index is -2.78. The zero-order valence-electron chi connectivity index (χ0n) is 17.3. The van der Waals surface area contributed by atoms with E-state index in [1.807, 2.05) is 11.9 Å². The number of likely N-dealkylation sites (N-methyl/N-ethyl adjacent to an activating group) is 1. The second-order valence-corrected chi connectivity index (χ2v) is 8.01. The van der Waals surface area contributed by atoms with Gasteiger partial charge in [0.2, 0.25) is 5.91 Å². The van der Waals surface area contributed by atoms with E-state index in [9.17, 15) is 18.4 Å². The van der Waals surface area contributed by atoms with Crippen LogP contribution in [0.25, 0.3) is 10.9 Å². The SMILES string of the molecule is CN1CCN(C(=O)Cn2cc3cc(NC(=O)c4cccc(C(F)F)n4)c(Cl)cc3n2)CC1. The monoisotopic (exact) mass is 462 g/mol. The van der Waals surface area contributed by atoms with Gasteiger partial charge in [-0.2, -0.15) is 5.10 Å². The zero-order chi connectivity index (χ0) is 22.8. The minimum absolute atomic E-state index is 0.0180. The van der Waals surface area contributed by atoms with Gasteiger partial charge >= 0.3 is 0 Å². The number of nitrogens with one attached hydrogen (secondary N) is 1. The van der Waals surface area contributed by atoms with Crippen LogP contribution in [0.5, 0.6) is 0 Å². The number of amides is 2. The summed E-state index contributed by atoms with van der Waals surface area (Å²) >= 11 is 6.28. The van der Waals surface area contributed by atoms with Crippen LogP contribution in [0.15, 0.2) is 36.5 Å². The molecule has 3 aromatic rings. The summed E-state index contributed by atoms with van der Waals surface area (Å²) in [6, 6.07) is 7.03. The van der Waals surface area contributed by atoms with Gasteiger partial charge in [0.25, 0.3) is 12.3 Å². The van der Waals surface area contributed by atoms with E-state index in [-0.39, 0.29) is 23.2 Å². The lowest BCUT2D eigenvalue weighted by atomic mass is 10.2. The van der Waals surface area contributed by atoms with E-state index in [1.54, 1.807) is 23.0 Å². The van der Waals surface area contributed by atoms with Crippen LogP contribution in [0.1, 0.15) is 22.6 Å². The van der Waals surface area contributed by atoms with E-state index in [2.05, 4.69) is 20.3 Å². The standard InChI is InChI=1S/C21H21ClF2N6O2/c1-28-5-7-29(8-6-28)19(31)12-30-11-13-9-18(14(22)10-17(13)27-30)26-21(32)16-4-2-3-15(25-16)20(23)24/h2-4,9-11,20H,5-8,12H2,1H3,(H,26,32). The first-order valence-corrected chi connectivity index (χ1v) is 10.4. The lowest BCUT2D eigenvalue weighted by molar-refractivity contribution is -0.133. The van der Waals surface area contributed by atoms with Crippen molar-refractivity contribution in [2.24, 2.45) is 0 Å². The van der Waals surface area contributed by atoms with Gasteiger partial charge in [-0.3, -0.25) is 14.3 Å². The fourth-order valence-electron chi connectivity index (χ4n) is 3.45.